The Morgan fingerprint density at radius 1 is 1.07 bits per heavy atom. The minimum Gasteiger partial charge on any atom is -0.334 e. The highest BCUT2D eigenvalue weighted by molar-refractivity contribution is 7.11. The molecule has 0 radical (unpaired) electrons. The Morgan fingerprint density at radius 2 is 1.81 bits per heavy atom. The smallest absolute Gasteiger partial charge is 0.230 e. The molecule has 140 valence electrons. The standard InChI is InChI=1S/C21H24N4OS/c1-15(2)21-16(3)27-19(24-21)11-20(26)25(13-17-6-9-22-10-7-17)14-18-5-4-8-23-12-18/h4-10,12,15H,11,13-14H2,1-3H3. The van der Waals surface area contributed by atoms with Crippen LogP contribution in [0.5, 0.6) is 0 Å². The van der Waals surface area contributed by atoms with Gasteiger partial charge in [0, 0.05) is 42.8 Å². The van der Waals surface area contributed by atoms with E-state index in [0.29, 0.717) is 25.4 Å². The van der Waals surface area contributed by atoms with Gasteiger partial charge in [-0.1, -0.05) is 19.9 Å². The van der Waals surface area contributed by atoms with Crippen LogP contribution >= 0.6 is 11.3 Å². The molecule has 0 saturated carbocycles. The first-order valence-corrected chi connectivity index (χ1v) is 9.86. The molecule has 5 nitrogen and oxygen atoms in total. The zero-order chi connectivity index (χ0) is 19.2. The molecule has 0 saturated heterocycles. The second-order valence-electron chi connectivity index (χ2n) is 6.85. The molecule has 0 atom stereocenters. The van der Waals surface area contributed by atoms with Gasteiger partial charge in [0.1, 0.15) is 5.01 Å². The predicted octanol–water partition coefficient (Wildman–Crippen LogP) is 4.14. The van der Waals surface area contributed by atoms with Gasteiger partial charge in [0.05, 0.1) is 12.1 Å². The lowest BCUT2D eigenvalue weighted by Gasteiger charge is -2.22. The number of hydrogen-bond donors (Lipinski definition) is 0. The van der Waals surface area contributed by atoms with Gasteiger partial charge in [0.25, 0.3) is 0 Å². The lowest BCUT2D eigenvalue weighted by Crippen LogP contribution is -2.31. The summed E-state index contributed by atoms with van der Waals surface area (Å²) in [7, 11) is 0. The van der Waals surface area contributed by atoms with E-state index in [9.17, 15) is 4.79 Å². The topological polar surface area (TPSA) is 59.0 Å². The van der Waals surface area contributed by atoms with Gasteiger partial charge in [-0.05, 0) is 42.2 Å². The lowest BCUT2D eigenvalue weighted by molar-refractivity contribution is -0.131. The van der Waals surface area contributed by atoms with Crippen molar-refractivity contribution in [1.29, 1.82) is 0 Å². The van der Waals surface area contributed by atoms with Crippen molar-refractivity contribution >= 4 is 17.2 Å². The summed E-state index contributed by atoms with van der Waals surface area (Å²) in [6.07, 6.45) is 7.37. The molecule has 3 heterocycles. The Balaban J connectivity index is 1.78. The number of thiazole rings is 1. The Labute approximate surface area is 164 Å². The van der Waals surface area contributed by atoms with E-state index in [-0.39, 0.29) is 5.91 Å². The number of amides is 1. The van der Waals surface area contributed by atoms with Gasteiger partial charge in [-0.3, -0.25) is 14.8 Å². The molecule has 0 bridgehead atoms. The van der Waals surface area contributed by atoms with Crippen LogP contribution in [0.3, 0.4) is 0 Å². The number of rotatable bonds is 7. The van der Waals surface area contributed by atoms with Crippen molar-refractivity contribution in [2.45, 2.75) is 46.2 Å². The number of carbonyl (C=O) groups is 1. The van der Waals surface area contributed by atoms with Crippen molar-refractivity contribution in [1.82, 2.24) is 19.9 Å². The molecule has 0 N–H and O–H groups in total. The minimum absolute atomic E-state index is 0.0692. The predicted molar refractivity (Wildman–Crippen MR) is 107 cm³/mol. The molecular weight excluding hydrogens is 356 g/mol. The highest BCUT2D eigenvalue weighted by Crippen LogP contribution is 2.25. The van der Waals surface area contributed by atoms with Crippen molar-refractivity contribution in [3.8, 4) is 0 Å². The number of aromatic nitrogens is 3. The van der Waals surface area contributed by atoms with Crippen LogP contribution in [0.4, 0.5) is 0 Å². The quantitative estimate of drug-likeness (QED) is 0.618. The van der Waals surface area contributed by atoms with E-state index in [4.69, 9.17) is 4.98 Å². The average molecular weight is 381 g/mol. The number of pyridine rings is 2. The summed E-state index contributed by atoms with van der Waals surface area (Å²) in [6.45, 7) is 7.40. The third-order valence-electron chi connectivity index (χ3n) is 4.30. The van der Waals surface area contributed by atoms with E-state index in [1.165, 1.54) is 4.88 Å². The van der Waals surface area contributed by atoms with Crippen LogP contribution in [0.15, 0.2) is 49.1 Å². The first-order valence-electron chi connectivity index (χ1n) is 9.04. The van der Waals surface area contributed by atoms with Crippen molar-refractivity contribution in [2.24, 2.45) is 0 Å². The van der Waals surface area contributed by atoms with E-state index in [2.05, 4.69) is 30.7 Å². The Bertz CT molecular complexity index is 836. The molecule has 0 aliphatic rings. The van der Waals surface area contributed by atoms with Crippen LogP contribution in [-0.4, -0.2) is 25.8 Å². The monoisotopic (exact) mass is 380 g/mol. The molecular formula is C21H24N4OS. The van der Waals surface area contributed by atoms with Gasteiger partial charge in [0.2, 0.25) is 5.91 Å². The zero-order valence-electron chi connectivity index (χ0n) is 15.9. The minimum atomic E-state index is 0.0692. The molecule has 27 heavy (non-hydrogen) atoms. The van der Waals surface area contributed by atoms with Gasteiger partial charge in [0.15, 0.2) is 0 Å². The number of nitrogens with zero attached hydrogens (tertiary/aromatic N) is 4. The van der Waals surface area contributed by atoms with Crippen molar-refractivity contribution in [3.05, 3.63) is 75.8 Å². The van der Waals surface area contributed by atoms with Gasteiger partial charge < -0.3 is 4.90 Å². The molecule has 0 aliphatic heterocycles. The molecule has 0 fully saturated rings. The third-order valence-corrected chi connectivity index (χ3v) is 5.28. The first kappa shape index (κ1) is 19.2. The summed E-state index contributed by atoms with van der Waals surface area (Å²) < 4.78 is 0. The van der Waals surface area contributed by atoms with Gasteiger partial charge in [-0.25, -0.2) is 4.98 Å². The van der Waals surface area contributed by atoms with E-state index in [1.54, 1.807) is 36.1 Å². The second-order valence-corrected chi connectivity index (χ2v) is 8.13. The first-order chi connectivity index (χ1) is 13.0. The van der Waals surface area contributed by atoms with E-state index >= 15 is 0 Å². The fraction of sp³-hybridized carbons (Fsp3) is 0.333. The SMILES string of the molecule is Cc1sc(CC(=O)N(Cc2ccncc2)Cc2cccnc2)nc1C(C)C. The fourth-order valence-corrected chi connectivity index (χ4v) is 4.05. The summed E-state index contributed by atoms with van der Waals surface area (Å²) in [5.41, 5.74) is 3.16. The molecule has 6 heteroatoms. The molecule has 3 rings (SSSR count). The fourth-order valence-electron chi connectivity index (χ4n) is 2.97. The van der Waals surface area contributed by atoms with Crippen molar-refractivity contribution < 1.29 is 4.79 Å². The molecule has 0 aliphatic carbocycles. The zero-order valence-corrected chi connectivity index (χ0v) is 16.7. The highest BCUT2D eigenvalue weighted by Gasteiger charge is 2.19. The van der Waals surface area contributed by atoms with Crippen LogP contribution in [0.1, 0.15) is 46.5 Å². The molecule has 3 aromatic rings. The largest absolute Gasteiger partial charge is 0.334 e. The number of hydrogen-bond acceptors (Lipinski definition) is 5. The molecule has 0 unspecified atom stereocenters. The van der Waals surface area contributed by atoms with Gasteiger partial charge >= 0.3 is 0 Å². The Kier molecular flexibility index (Phi) is 6.29. The van der Waals surface area contributed by atoms with Crippen LogP contribution in [0.25, 0.3) is 0 Å². The Hall–Kier alpha value is -2.60. The number of aryl methyl sites for hydroxylation is 1. The maximum atomic E-state index is 13.1. The highest BCUT2D eigenvalue weighted by atomic mass is 32.1. The molecule has 3 aromatic heterocycles. The molecule has 1 amide bonds. The third kappa shape index (κ3) is 5.20. The van der Waals surface area contributed by atoms with E-state index in [1.807, 2.05) is 29.2 Å². The summed E-state index contributed by atoms with van der Waals surface area (Å²) in [5, 5.41) is 0.882. The van der Waals surface area contributed by atoms with Gasteiger partial charge in [-0.15, -0.1) is 11.3 Å². The van der Waals surface area contributed by atoms with E-state index in [0.717, 1.165) is 21.8 Å². The lowest BCUT2D eigenvalue weighted by atomic mass is 10.1. The summed E-state index contributed by atoms with van der Waals surface area (Å²) >= 11 is 1.62. The van der Waals surface area contributed by atoms with Crippen LogP contribution in [-0.2, 0) is 24.3 Å². The molecule has 0 spiro atoms. The van der Waals surface area contributed by atoms with Crippen LogP contribution in [0.2, 0.25) is 0 Å². The summed E-state index contributed by atoms with van der Waals surface area (Å²) in [6, 6.07) is 7.76. The Morgan fingerprint density at radius 3 is 2.44 bits per heavy atom. The average Bonchev–Trinajstić information content (AvgIpc) is 3.03. The summed E-state index contributed by atoms with van der Waals surface area (Å²) in [4.78, 5) is 29.0. The maximum absolute atomic E-state index is 13.1. The van der Waals surface area contributed by atoms with E-state index < -0.39 is 0 Å². The van der Waals surface area contributed by atoms with Gasteiger partial charge in [-0.2, -0.15) is 0 Å². The second kappa shape index (κ2) is 8.86. The maximum Gasteiger partial charge on any atom is 0.230 e. The van der Waals surface area contributed by atoms with Crippen LogP contribution in [0, 0.1) is 6.92 Å². The number of carbonyl (C=O) groups excluding carboxylic acids is 1. The van der Waals surface area contributed by atoms with Crippen molar-refractivity contribution in [3.63, 3.8) is 0 Å². The van der Waals surface area contributed by atoms with Crippen molar-refractivity contribution in [2.75, 3.05) is 0 Å². The summed E-state index contributed by atoms with van der Waals surface area (Å²) in [5.74, 6) is 0.438. The normalized spacial score (nSPS) is 11.0. The van der Waals surface area contributed by atoms with Crippen LogP contribution < -0.4 is 0 Å². The molecule has 0 aromatic carbocycles.